The number of likely N-dealkylation sites (tertiary alicyclic amines) is 1. The van der Waals surface area contributed by atoms with E-state index in [1.807, 2.05) is 34.9 Å². The molecule has 2 aliphatic heterocycles. The van der Waals surface area contributed by atoms with Crippen molar-refractivity contribution in [1.29, 1.82) is 0 Å². The molecule has 3 heterocycles. The summed E-state index contributed by atoms with van der Waals surface area (Å²) in [5, 5.41) is 11.5. The number of nitrogens with one attached hydrogen (secondary N) is 1. The third-order valence-electron chi connectivity index (χ3n) is 6.37. The summed E-state index contributed by atoms with van der Waals surface area (Å²) in [7, 11) is 0. The summed E-state index contributed by atoms with van der Waals surface area (Å²) in [6.07, 6.45) is 0.897. The number of rotatable bonds is 5. The van der Waals surface area contributed by atoms with Crippen molar-refractivity contribution in [1.82, 2.24) is 25.0 Å². The normalized spacial score (nSPS) is 20.6. The second kappa shape index (κ2) is 8.03. The van der Waals surface area contributed by atoms with Gasteiger partial charge in [-0.15, -0.1) is 10.2 Å². The molecule has 0 radical (unpaired) electrons. The predicted octanol–water partition coefficient (Wildman–Crippen LogP) is 2.82. The standard InChI is InChI=1S/C24H27N5O/c1-17-7-9-19(10-8-17)13-28-14-20-11-22-26-27-23(29(22)16-21(20)15-28)24(30)25-12-18-5-3-2-4-6-18/h2-10,20-21H,11-16H2,1H3,(H,25,30). The van der Waals surface area contributed by atoms with Crippen molar-refractivity contribution in [3.05, 3.63) is 82.9 Å². The van der Waals surface area contributed by atoms with Gasteiger partial charge in [-0.05, 0) is 29.9 Å². The second-order valence-electron chi connectivity index (χ2n) is 8.62. The van der Waals surface area contributed by atoms with Crippen molar-refractivity contribution in [3.63, 3.8) is 0 Å². The molecule has 0 spiro atoms. The van der Waals surface area contributed by atoms with Gasteiger partial charge in [-0.25, -0.2) is 0 Å². The number of aryl methyl sites for hydroxylation is 1. The summed E-state index contributed by atoms with van der Waals surface area (Å²) in [6, 6.07) is 18.7. The Morgan fingerprint density at radius 2 is 1.73 bits per heavy atom. The van der Waals surface area contributed by atoms with Gasteiger partial charge < -0.3 is 9.88 Å². The fourth-order valence-electron chi connectivity index (χ4n) is 4.73. The molecule has 1 saturated heterocycles. The molecule has 2 aliphatic rings. The van der Waals surface area contributed by atoms with Gasteiger partial charge in [0, 0.05) is 39.1 Å². The molecule has 0 bridgehead atoms. The van der Waals surface area contributed by atoms with E-state index in [1.54, 1.807) is 0 Å². The SMILES string of the molecule is Cc1ccc(CN2CC3Cc4nnc(C(=O)NCc5ccccc5)n4CC3C2)cc1. The highest BCUT2D eigenvalue weighted by Crippen LogP contribution is 2.33. The highest BCUT2D eigenvalue weighted by molar-refractivity contribution is 5.90. The maximum absolute atomic E-state index is 12.7. The van der Waals surface area contributed by atoms with Crippen LogP contribution in [0.1, 0.15) is 33.1 Å². The number of carbonyl (C=O) groups excluding carboxylic acids is 1. The minimum absolute atomic E-state index is 0.148. The average Bonchev–Trinajstić information content (AvgIpc) is 3.35. The van der Waals surface area contributed by atoms with E-state index in [0.29, 0.717) is 24.2 Å². The molecular weight excluding hydrogens is 374 g/mol. The Morgan fingerprint density at radius 3 is 2.53 bits per heavy atom. The Morgan fingerprint density at radius 1 is 0.967 bits per heavy atom. The van der Waals surface area contributed by atoms with Crippen LogP contribution < -0.4 is 5.32 Å². The van der Waals surface area contributed by atoms with Crippen LogP contribution in [0.3, 0.4) is 0 Å². The van der Waals surface area contributed by atoms with Gasteiger partial charge in [-0.2, -0.15) is 0 Å². The predicted molar refractivity (Wildman–Crippen MR) is 115 cm³/mol. The molecule has 5 rings (SSSR count). The lowest BCUT2D eigenvalue weighted by atomic mass is 9.89. The molecule has 1 amide bonds. The van der Waals surface area contributed by atoms with Gasteiger partial charge in [-0.1, -0.05) is 60.2 Å². The number of carbonyl (C=O) groups is 1. The van der Waals surface area contributed by atoms with Crippen LogP contribution in [0.2, 0.25) is 0 Å². The number of nitrogens with zero attached hydrogens (tertiary/aromatic N) is 4. The zero-order valence-electron chi connectivity index (χ0n) is 17.3. The summed E-state index contributed by atoms with van der Waals surface area (Å²) in [5.74, 6) is 2.37. The number of hydrogen-bond acceptors (Lipinski definition) is 4. The first-order valence-corrected chi connectivity index (χ1v) is 10.7. The topological polar surface area (TPSA) is 63.1 Å². The smallest absolute Gasteiger partial charge is 0.289 e. The quantitative estimate of drug-likeness (QED) is 0.714. The van der Waals surface area contributed by atoms with Gasteiger partial charge >= 0.3 is 0 Å². The van der Waals surface area contributed by atoms with E-state index in [-0.39, 0.29) is 5.91 Å². The van der Waals surface area contributed by atoms with E-state index in [2.05, 4.69) is 51.6 Å². The number of amides is 1. The molecule has 154 valence electrons. The highest BCUT2D eigenvalue weighted by Gasteiger charge is 2.39. The van der Waals surface area contributed by atoms with Gasteiger partial charge in [-0.3, -0.25) is 9.69 Å². The maximum atomic E-state index is 12.7. The molecule has 6 heteroatoms. The Bertz CT molecular complexity index is 1030. The minimum Gasteiger partial charge on any atom is -0.345 e. The van der Waals surface area contributed by atoms with Crippen LogP contribution in [0.15, 0.2) is 54.6 Å². The van der Waals surface area contributed by atoms with Gasteiger partial charge in [0.25, 0.3) is 5.91 Å². The van der Waals surface area contributed by atoms with Gasteiger partial charge in [0.2, 0.25) is 5.82 Å². The van der Waals surface area contributed by atoms with Gasteiger partial charge in [0.15, 0.2) is 0 Å². The maximum Gasteiger partial charge on any atom is 0.289 e. The van der Waals surface area contributed by atoms with Crippen LogP contribution >= 0.6 is 0 Å². The van der Waals surface area contributed by atoms with E-state index in [1.165, 1.54) is 11.1 Å². The van der Waals surface area contributed by atoms with E-state index in [4.69, 9.17) is 0 Å². The summed E-state index contributed by atoms with van der Waals surface area (Å²) in [5.41, 5.74) is 3.73. The third-order valence-corrected chi connectivity index (χ3v) is 6.37. The lowest BCUT2D eigenvalue weighted by Crippen LogP contribution is -2.32. The Balaban J connectivity index is 1.23. The highest BCUT2D eigenvalue weighted by atomic mass is 16.2. The van der Waals surface area contributed by atoms with Gasteiger partial charge in [0.1, 0.15) is 5.82 Å². The van der Waals surface area contributed by atoms with Crippen molar-refractivity contribution in [2.45, 2.75) is 33.0 Å². The molecule has 1 N–H and O–H groups in total. The molecular formula is C24H27N5O. The molecule has 2 aromatic carbocycles. The Kier molecular flexibility index (Phi) is 5.09. The molecule has 3 aromatic rings. The molecule has 0 saturated carbocycles. The van der Waals surface area contributed by atoms with Crippen LogP contribution in [0.5, 0.6) is 0 Å². The number of aromatic nitrogens is 3. The summed E-state index contributed by atoms with van der Waals surface area (Å²) >= 11 is 0. The molecule has 1 fully saturated rings. The zero-order valence-corrected chi connectivity index (χ0v) is 17.3. The fourth-order valence-corrected chi connectivity index (χ4v) is 4.73. The number of fused-ring (bicyclic) bond motifs is 2. The lowest BCUT2D eigenvalue weighted by molar-refractivity contribution is 0.0932. The van der Waals surface area contributed by atoms with E-state index >= 15 is 0 Å². The lowest BCUT2D eigenvalue weighted by Gasteiger charge is -2.25. The zero-order chi connectivity index (χ0) is 20.5. The molecule has 30 heavy (non-hydrogen) atoms. The molecule has 1 aromatic heterocycles. The largest absolute Gasteiger partial charge is 0.345 e. The molecule has 2 atom stereocenters. The average molecular weight is 402 g/mol. The molecule has 0 aliphatic carbocycles. The van der Waals surface area contributed by atoms with Crippen LogP contribution in [0.25, 0.3) is 0 Å². The van der Waals surface area contributed by atoms with Crippen molar-refractivity contribution >= 4 is 5.91 Å². The van der Waals surface area contributed by atoms with E-state index < -0.39 is 0 Å². The summed E-state index contributed by atoms with van der Waals surface area (Å²) in [6.45, 7) is 6.57. The summed E-state index contributed by atoms with van der Waals surface area (Å²) < 4.78 is 2.04. The van der Waals surface area contributed by atoms with E-state index in [0.717, 1.165) is 44.0 Å². The van der Waals surface area contributed by atoms with Crippen molar-refractivity contribution in [2.75, 3.05) is 13.1 Å². The van der Waals surface area contributed by atoms with Crippen LogP contribution in [-0.2, 0) is 26.1 Å². The first-order chi connectivity index (χ1) is 14.7. The fraction of sp³-hybridized carbons (Fsp3) is 0.375. The Hall–Kier alpha value is -2.99. The van der Waals surface area contributed by atoms with Crippen LogP contribution in [0.4, 0.5) is 0 Å². The third kappa shape index (κ3) is 3.87. The number of benzene rings is 2. The van der Waals surface area contributed by atoms with E-state index in [9.17, 15) is 4.79 Å². The van der Waals surface area contributed by atoms with Crippen LogP contribution in [-0.4, -0.2) is 38.7 Å². The first kappa shape index (κ1) is 19.0. The van der Waals surface area contributed by atoms with Crippen molar-refractivity contribution in [2.24, 2.45) is 11.8 Å². The second-order valence-corrected chi connectivity index (χ2v) is 8.62. The van der Waals surface area contributed by atoms with Crippen molar-refractivity contribution in [3.8, 4) is 0 Å². The number of hydrogen-bond donors (Lipinski definition) is 1. The Labute approximate surface area is 176 Å². The minimum atomic E-state index is -0.148. The molecule has 2 unspecified atom stereocenters. The van der Waals surface area contributed by atoms with Crippen molar-refractivity contribution < 1.29 is 4.79 Å². The monoisotopic (exact) mass is 401 g/mol. The summed E-state index contributed by atoms with van der Waals surface area (Å²) in [4.78, 5) is 15.3. The first-order valence-electron chi connectivity index (χ1n) is 10.7. The molecule has 6 nitrogen and oxygen atoms in total. The van der Waals surface area contributed by atoms with Gasteiger partial charge in [0.05, 0.1) is 0 Å². The van der Waals surface area contributed by atoms with Crippen LogP contribution in [0, 0.1) is 18.8 Å².